The number of aryl methyl sites for hydroxylation is 1. The summed E-state index contributed by atoms with van der Waals surface area (Å²) in [5.74, 6) is 0.444. The van der Waals surface area contributed by atoms with Crippen molar-refractivity contribution < 1.29 is 0 Å². The van der Waals surface area contributed by atoms with Crippen LogP contribution in [0.4, 0.5) is 0 Å². The van der Waals surface area contributed by atoms with Crippen molar-refractivity contribution in [3.8, 4) is 0 Å². The normalized spacial score (nSPS) is 25.8. The molecule has 2 nitrogen and oxygen atoms in total. The van der Waals surface area contributed by atoms with Crippen molar-refractivity contribution in [3.05, 3.63) is 47.0 Å². The van der Waals surface area contributed by atoms with Crippen LogP contribution in [0.25, 0.3) is 0 Å². The predicted molar refractivity (Wildman–Crippen MR) is 71.8 cm³/mol. The molecular weight excluding hydrogens is 208 g/mol. The van der Waals surface area contributed by atoms with E-state index in [0.717, 1.165) is 12.8 Å². The summed E-state index contributed by atoms with van der Waals surface area (Å²) in [5, 5.41) is 0. The minimum absolute atomic E-state index is 0.0820. The first-order valence-electron chi connectivity index (χ1n) is 6.13. The summed E-state index contributed by atoms with van der Waals surface area (Å²) in [6.07, 6.45) is 8.40. The van der Waals surface area contributed by atoms with E-state index in [-0.39, 0.29) is 6.17 Å². The van der Waals surface area contributed by atoms with Gasteiger partial charge in [0, 0.05) is 24.8 Å². The molecule has 86 valence electrons. The quantitative estimate of drug-likeness (QED) is 0.690. The molecule has 2 heteroatoms. The molecule has 2 aliphatic rings. The second-order valence-electron chi connectivity index (χ2n) is 4.74. The lowest BCUT2D eigenvalue weighted by atomic mass is 9.91. The topological polar surface area (TPSA) is 24.7 Å². The Labute approximate surface area is 102 Å². The molecule has 3 rings (SSSR count). The number of allylic oxidation sites excluding steroid dienone is 1. The highest BCUT2D eigenvalue weighted by atomic mass is 15.0. The lowest BCUT2D eigenvalue weighted by Gasteiger charge is -2.15. The highest BCUT2D eigenvalue weighted by Gasteiger charge is 2.26. The Morgan fingerprint density at radius 3 is 3.12 bits per heavy atom. The van der Waals surface area contributed by atoms with Crippen LogP contribution in [0, 0.1) is 12.8 Å². The Kier molecular flexibility index (Phi) is 2.63. The van der Waals surface area contributed by atoms with E-state index >= 15 is 0 Å². The minimum atomic E-state index is 0.0820. The first kappa shape index (κ1) is 10.5. The molecule has 0 amide bonds. The van der Waals surface area contributed by atoms with Crippen molar-refractivity contribution in [2.75, 3.05) is 0 Å². The maximum Gasteiger partial charge on any atom is 0.160 e. The van der Waals surface area contributed by atoms with E-state index in [1.165, 1.54) is 16.7 Å². The van der Waals surface area contributed by atoms with Crippen LogP contribution < -0.4 is 0 Å². The van der Waals surface area contributed by atoms with Crippen molar-refractivity contribution in [2.45, 2.75) is 25.9 Å². The maximum absolute atomic E-state index is 4.47. The second kappa shape index (κ2) is 4.28. The Morgan fingerprint density at radius 2 is 2.24 bits per heavy atom. The van der Waals surface area contributed by atoms with Crippen LogP contribution in [0.2, 0.25) is 0 Å². The van der Waals surface area contributed by atoms with E-state index in [1.807, 2.05) is 6.21 Å². The van der Waals surface area contributed by atoms with Crippen LogP contribution in [-0.4, -0.2) is 18.6 Å². The van der Waals surface area contributed by atoms with Crippen LogP contribution in [0.15, 0.2) is 45.9 Å². The Bertz CT molecular complexity index is 511. The summed E-state index contributed by atoms with van der Waals surface area (Å²) in [4.78, 5) is 8.88. The molecule has 2 unspecified atom stereocenters. The molecule has 0 N–H and O–H groups in total. The predicted octanol–water partition coefficient (Wildman–Crippen LogP) is 2.97. The van der Waals surface area contributed by atoms with E-state index < -0.39 is 0 Å². The smallest absolute Gasteiger partial charge is 0.160 e. The zero-order chi connectivity index (χ0) is 11.7. The Balaban J connectivity index is 1.79. The standard InChI is InChI=1S/C15H16N2/c1-11-4-2-5-12(8-11)9-13-10-17-15-14(13)6-3-7-16-15/h2,4-8,10,13,15H,3,9H2,1H3. The summed E-state index contributed by atoms with van der Waals surface area (Å²) < 4.78 is 0. The van der Waals surface area contributed by atoms with Crippen LogP contribution in [0.5, 0.6) is 0 Å². The van der Waals surface area contributed by atoms with Gasteiger partial charge in [-0.25, -0.2) is 0 Å². The highest BCUT2D eigenvalue weighted by Crippen LogP contribution is 2.29. The molecule has 0 spiro atoms. The van der Waals surface area contributed by atoms with Crippen molar-refractivity contribution in [2.24, 2.45) is 15.9 Å². The monoisotopic (exact) mass is 224 g/mol. The summed E-state index contributed by atoms with van der Waals surface area (Å²) in [6.45, 7) is 2.14. The minimum Gasteiger partial charge on any atom is -0.266 e. The van der Waals surface area contributed by atoms with Gasteiger partial charge in [0.15, 0.2) is 6.17 Å². The van der Waals surface area contributed by atoms with E-state index in [2.05, 4.69) is 53.5 Å². The lowest BCUT2D eigenvalue weighted by Crippen LogP contribution is -2.13. The van der Waals surface area contributed by atoms with E-state index in [0.29, 0.717) is 5.92 Å². The van der Waals surface area contributed by atoms with Crippen LogP contribution in [0.1, 0.15) is 17.5 Å². The summed E-state index contributed by atoms with van der Waals surface area (Å²) in [6, 6.07) is 8.72. The fraction of sp³-hybridized carbons (Fsp3) is 0.333. The van der Waals surface area contributed by atoms with Gasteiger partial charge in [-0.1, -0.05) is 35.9 Å². The molecule has 2 atom stereocenters. The number of fused-ring (bicyclic) bond motifs is 1. The highest BCUT2D eigenvalue weighted by molar-refractivity contribution is 5.74. The zero-order valence-corrected chi connectivity index (χ0v) is 10.0. The zero-order valence-electron chi connectivity index (χ0n) is 10.0. The molecule has 0 bridgehead atoms. The van der Waals surface area contributed by atoms with Gasteiger partial charge < -0.3 is 0 Å². The first-order chi connectivity index (χ1) is 8.33. The second-order valence-corrected chi connectivity index (χ2v) is 4.74. The number of dihydropyridines is 1. The van der Waals surface area contributed by atoms with Gasteiger partial charge in [-0.05, 0) is 24.5 Å². The van der Waals surface area contributed by atoms with Gasteiger partial charge in [-0.15, -0.1) is 0 Å². The molecule has 0 fully saturated rings. The Hall–Kier alpha value is -1.70. The number of nitrogens with zero attached hydrogens (tertiary/aromatic N) is 2. The molecular formula is C15H16N2. The van der Waals surface area contributed by atoms with Crippen LogP contribution in [-0.2, 0) is 6.42 Å². The summed E-state index contributed by atoms with van der Waals surface area (Å²) in [5.41, 5.74) is 4.09. The van der Waals surface area contributed by atoms with Crippen LogP contribution in [0.3, 0.4) is 0 Å². The molecule has 0 aromatic heterocycles. The van der Waals surface area contributed by atoms with E-state index in [1.54, 1.807) is 0 Å². The molecule has 0 saturated heterocycles. The average Bonchev–Trinajstić information content (AvgIpc) is 2.73. The third-order valence-corrected chi connectivity index (χ3v) is 3.38. The first-order valence-corrected chi connectivity index (χ1v) is 6.13. The van der Waals surface area contributed by atoms with Gasteiger partial charge >= 0.3 is 0 Å². The molecule has 2 aliphatic heterocycles. The number of benzene rings is 1. The molecule has 0 radical (unpaired) electrons. The van der Waals surface area contributed by atoms with Crippen molar-refractivity contribution in [3.63, 3.8) is 0 Å². The summed E-state index contributed by atoms with van der Waals surface area (Å²) >= 11 is 0. The van der Waals surface area contributed by atoms with Crippen molar-refractivity contribution in [1.82, 2.24) is 0 Å². The fourth-order valence-corrected chi connectivity index (χ4v) is 2.54. The van der Waals surface area contributed by atoms with Gasteiger partial charge in [0.2, 0.25) is 0 Å². The summed E-state index contributed by atoms with van der Waals surface area (Å²) in [7, 11) is 0. The molecule has 1 aromatic carbocycles. The number of hydrogen-bond donors (Lipinski definition) is 0. The van der Waals surface area contributed by atoms with Crippen LogP contribution >= 0.6 is 0 Å². The maximum atomic E-state index is 4.47. The molecule has 2 heterocycles. The van der Waals surface area contributed by atoms with E-state index in [9.17, 15) is 0 Å². The van der Waals surface area contributed by atoms with Gasteiger partial charge in [-0.3, -0.25) is 9.98 Å². The molecule has 17 heavy (non-hydrogen) atoms. The third-order valence-electron chi connectivity index (χ3n) is 3.38. The van der Waals surface area contributed by atoms with Gasteiger partial charge in [0.1, 0.15) is 0 Å². The molecule has 0 saturated carbocycles. The van der Waals surface area contributed by atoms with Crippen molar-refractivity contribution in [1.29, 1.82) is 0 Å². The number of aliphatic imine (C=N–C) groups is 2. The van der Waals surface area contributed by atoms with Gasteiger partial charge in [0.05, 0.1) is 0 Å². The largest absolute Gasteiger partial charge is 0.266 e. The van der Waals surface area contributed by atoms with Crippen molar-refractivity contribution >= 4 is 12.4 Å². The lowest BCUT2D eigenvalue weighted by molar-refractivity contribution is 0.734. The third kappa shape index (κ3) is 2.07. The number of hydrogen-bond acceptors (Lipinski definition) is 2. The molecule has 1 aromatic rings. The fourth-order valence-electron chi connectivity index (χ4n) is 2.54. The van der Waals surface area contributed by atoms with Gasteiger partial charge in [0.25, 0.3) is 0 Å². The molecule has 0 aliphatic carbocycles. The average molecular weight is 224 g/mol. The SMILES string of the molecule is Cc1cccc(CC2C=NC3N=CCC=C23)c1. The number of rotatable bonds is 2. The Morgan fingerprint density at radius 1 is 1.29 bits per heavy atom. The van der Waals surface area contributed by atoms with Gasteiger partial charge in [-0.2, -0.15) is 0 Å². The van der Waals surface area contributed by atoms with E-state index in [4.69, 9.17) is 0 Å².